The molecule has 6 nitrogen and oxygen atoms in total. The standard InChI is InChI=1S/C22H16N4O2S2/c1-27-12-17-23-20-18(16(13-29-20)14-8-4-2-5-9-14)21(24-17)30-22-26-25-19(28-22)15-10-6-3-7-11-15/h2-11,13H,12H2,1H3. The van der Waals surface area contributed by atoms with E-state index < -0.39 is 0 Å². The van der Waals surface area contributed by atoms with Gasteiger partial charge in [-0.3, -0.25) is 0 Å². The Balaban J connectivity index is 1.59. The molecule has 0 aliphatic carbocycles. The number of rotatable bonds is 6. The van der Waals surface area contributed by atoms with Crippen LogP contribution in [0.1, 0.15) is 5.82 Å². The normalized spacial score (nSPS) is 11.2. The second-order valence-electron chi connectivity index (χ2n) is 6.41. The summed E-state index contributed by atoms with van der Waals surface area (Å²) in [6.45, 7) is 0.334. The molecule has 2 aromatic carbocycles. The summed E-state index contributed by atoms with van der Waals surface area (Å²) in [6.07, 6.45) is 0. The van der Waals surface area contributed by atoms with Crippen molar-refractivity contribution in [2.75, 3.05) is 7.11 Å². The van der Waals surface area contributed by atoms with E-state index in [0.717, 1.165) is 31.9 Å². The van der Waals surface area contributed by atoms with Crippen molar-refractivity contribution in [3.8, 4) is 22.6 Å². The van der Waals surface area contributed by atoms with Gasteiger partial charge >= 0.3 is 0 Å². The van der Waals surface area contributed by atoms with E-state index >= 15 is 0 Å². The van der Waals surface area contributed by atoms with Gasteiger partial charge in [-0.25, -0.2) is 9.97 Å². The van der Waals surface area contributed by atoms with Crippen molar-refractivity contribution >= 4 is 33.3 Å². The topological polar surface area (TPSA) is 73.9 Å². The van der Waals surface area contributed by atoms with E-state index in [4.69, 9.17) is 14.1 Å². The predicted molar refractivity (Wildman–Crippen MR) is 117 cm³/mol. The number of fused-ring (bicyclic) bond motifs is 1. The van der Waals surface area contributed by atoms with E-state index in [2.05, 4.69) is 32.7 Å². The molecule has 0 N–H and O–H groups in total. The average molecular weight is 433 g/mol. The summed E-state index contributed by atoms with van der Waals surface area (Å²) in [4.78, 5) is 10.3. The summed E-state index contributed by atoms with van der Waals surface area (Å²) < 4.78 is 11.2. The van der Waals surface area contributed by atoms with E-state index in [9.17, 15) is 0 Å². The minimum atomic E-state index is 0.334. The van der Waals surface area contributed by atoms with Crippen LogP contribution in [-0.2, 0) is 11.3 Å². The number of benzene rings is 2. The van der Waals surface area contributed by atoms with E-state index in [0.29, 0.717) is 23.5 Å². The zero-order valence-corrected chi connectivity index (χ0v) is 17.6. The Bertz CT molecular complexity index is 1290. The van der Waals surface area contributed by atoms with Gasteiger partial charge in [0.05, 0.1) is 5.39 Å². The van der Waals surface area contributed by atoms with Gasteiger partial charge in [0.2, 0.25) is 5.89 Å². The summed E-state index contributed by atoms with van der Waals surface area (Å²) in [5.41, 5.74) is 3.08. The fraction of sp³-hybridized carbons (Fsp3) is 0.0909. The van der Waals surface area contributed by atoms with Crippen LogP contribution in [0.3, 0.4) is 0 Å². The largest absolute Gasteiger partial charge is 0.411 e. The summed E-state index contributed by atoms with van der Waals surface area (Å²) in [6, 6.07) is 19.9. The van der Waals surface area contributed by atoms with Gasteiger partial charge < -0.3 is 9.15 Å². The molecule has 0 bridgehead atoms. The Labute approximate surface area is 181 Å². The second-order valence-corrected chi connectivity index (χ2v) is 8.21. The van der Waals surface area contributed by atoms with Crippen LogP contribution in [0.4, 0.5) is 0 Å². The van der Waals surface area contributed by atoms with Gasteiger partial charge in [-0.2, -0.15) is 0 Å². The molecular formula is C22H16N4O2S2. The van der Waals surface area contributed by atoms with Crippen LogP contribution in [0.15, 0.2) is 80.7 Å². The molecule has 0 aliphatic heterocycles. The van der Waals surface area contributed by atoms with Crippen molar-refractivity contribution in [1.29, 1.82) is 0 Å². The molecule has 5 rings (SSSR count). The lowest BCUT2D eigenvalue weighted by atomic mass is 10.1. The monoisotopic (exact) mass is 432 g/mol. The predicted octanol–water partition coefficient (Wildman–Crippen LogP) is 5.71. The fourth-order valence-corrected chi connectivity index (χ4v) is 4.94. The number of nitrogens with zero attached hydrogens (tertiary/aromatic N) is 4. The van der Waals surface area contributed by atoms with Gasteiger partial charge in [-0.05, 0) is 29.5 Å². The Morgan fingerprint density at radius 1 is 0.933 bits per heavy atom. The molecule has 0 radical (unpaired) electrons. The first-order chi connectivity index (χ1) is 14.8. The summed E-state index contributed by atoms with van der Waals surface area (Å²) in [5.74, 6) is 1.10. The molecule has 3 heterocycles. The molecule has 0 fully saturated rings. The first-order valence-electron chi connectivity index (χ1n) is 9.21. The highest BCUT2D eigenvalue weighted by Gasteiger charge is 2.19. The third-order valence-electron chi connectivity index (χ3n) is 4.42. The van der Waals surface area contributed by atoms with Crippen LogP contribution in [0.2, 0.25) is 0 Å². The Morgan fingerprint density at radius 3 is 2.40 bits per heavy atom. The van der Waals surface area contributed by atoms with Gasteiger partial charge in [0.25, 0.3) is 5.22 Å². The number of ether oxygens (including phenoxy) is 1. The highest BCUT2D eigenvalue weighted by molar-refractivity contribution is 7.99. The molecule has 148 valence electrons. The number of aromatic nitrogens is 4. The van der Waals surface area contributed by atoms with Crippen LogP contribution < -0.4 is 0 Å². The molecule has 0 amide bonds. The molecule has 0 spiro atoms. The highest BCUT2D eigenvalue weighted by Crippen LogP contribution is 2.40. The maximum Gasteiger partial charge on any atom is 0.283 e. The lowest BCUT2D eigenvalue weighted by Crippen LogP contribution is -1.98. The van der Waals surface area contributed by atoms with Crippen molar-refractivity contribution in [2.24, 2.45) is 0 Å². The van der Waals surface area contributed by atoms with Crippen molar-refractivity contribution < 1.29 is 9.15 Å². The van der Waals surface area contributed by atoms with E-state index in [-0.39, 0.29) is 0 Å². The molecule has 5 aromatic rings. The Morgan fingerprint density at radius 2 is 1.67 bits per heavy atom. The van der Waals surface area contributed by atoms with Gasteiger partial charge in [0.1, 0.15) is 16.5 Å². The molecule has 0 aliphatic rings. The summed E-state index contributed by atoms with van der Waals surface area (Å²) >= 11 is 2.93. The lowest BCUT2D eigenvalue weighted by molar-refractivity contribution is 0.177. The molecular weight excluding hydrogens is 416 g/mol. The Hall–Kier alpha value is -3.07. The molecule has 3 aromatic heterocycles. The van der Waals surface area contributed by atoms with Crippen molar-refractivity contribution in [3.05, 3.63) is 71.9 Å². The number of thiophene rings is 1. The zero-order valence-electron chi connectivity index (χ0n) is 16.0. The molecule has 0 unspecified atom stereocenters. The minimum Gasteiger partial charge on any atom is -0.411 e. The van der Waals surface area contributed by atoms with Gasteiger partial charge in [-0.15, -0.1) is 21.5 Å². The molecule has 0 saturated heterocycles. The van der Waals surface area contributed by atoms with Crippen LogP contribution in [0, 0.1) is 0 Å². The second kappa shape index (κ2) is 8.35. The van der Waals surface area contributed by atoms with Crippen LogP contribution in [0.25, 0.3) is 32.8 Å². The van der Waals surface area contributed by atoms with Gasteiger partial charge in [0, 0.05) is 23.6 Å². The lowest BCUT2D eigenvalue weighted by Gasteiger charge is -2.06. The van der Waals surface area contributed by atoms with Crippen molar-refractivity contribution in [2.45, 2.75) is 16.9 Å². The summed E-state index contributed by atoms with van der Waals surface area (Å²) in [7, 11) is 1.63. The van der Waals surface area contributed by atoms with Crippen LogP contribution in [0.5, 0.6) is 0 Å². The van der Waals surface area contributed by atoms with Crippen molar-refractivity contribution in [3.63, 3.8) is 0 Å². The minimum absolute atomic E-state index is 0.334. The van der Waals surface area contributed by atoms with Gasteiger partial charge in [-0.1, -0.05) is 48.5 Å². The first-order valence-corrected chi connectivity index (χ1v) is 10.9. The third kappa shape index (κ3) is 3.72. The van der Waals surface area contributed by atoms with E-state index in [1.54, 1.807) is 18.4 Å². The first kappa shape index (κ1) is 18.9. The molecule has 0 atom stereocenters. The van der Waals surface area contributed by atoms with E-state index in [1.165, 1.54) is 11.8 Å². The van der Waals surface area contributed by atoms with Crippen LogP contribution >= 0.6 is 23.1 Å². The summed E-state index contributed by atoms with van der Waals surface area (Å²) in [5, 5.41) is 12.7. The zero-order chi connectivity index (χ0) is 20.3. The highest BCUT2D eigenvalue weighted by atomic mass is 32.2. The fourth-order valence-electron chi connectivity index (χ4n) is 3.08. The number of hydrogen-bond acceptors (Lipinski definition) is 8. The van der Waals surface area contributed by atoms with E-state index in [1.807, 2.05) is 48.5 Å². The quantitative estimate of drug-likeness (QED) is 0.318. The number of methoxy groups -OCH3 is 1. The maximum atomic E-state index is 5.90. The molecule has 30 heavy (non-hydrogen) atoms. The third-order valence-corrected chi connectivity index (χ3v) is 6.12. The van der Waals surface area contributed by atoms with Crippen molar-refractivity contribution in [1.82, 2.24) is 20.2 Å². The van der Waals surface area contributed by atoms with Crippen LogP contribution in [-0.4, -0.2) is 27.3 Å². The number of hydrogen-bond donors (Lipinski definition) is 0. The maximum absolute atomic E-state index is 5.90. The molecule has 8 heteroatoms. The smallest absolute Gasteiger partial charge is 0.283 e. The molecule has 0 saturated carbocycles. The van der Waals surface area contributed by atoms with Gasteiger partial charge in [0.15, 0.2) is 5.82 Å². The Kier molecular flexibility index (Phi) is 5.27. The SMILES string of the molecule is COCc1nc(Sc2nnc(-c3ccccc3)o2)c2c(-c3ccccc3)csc2n1. The average Bonchev–Trinajstić information content (AvgIpc) is 3.43.